The van der Waals surface area contributed by atoms with Gasteiger partial charge in [-0.25, -0.2) is 0 Å². The fourth-order valence-electron chi connectivity index (χ4n) is 3.32. The number of fused-ring (bicyclic) bond motifs is 1. The quantitative estimate of drug-likeness (QED) is 0.743. The molecule has 0 spiro atoms. The molecule has 1 amide bonds. The van der Waals surface area contributed by atoms with Crippen LogP contribution >= 0.6 is 0 Å². The summed E-state index contributed by atoms with van der Waals surface area (Å²) in [6.45, 7) is 7.13. The number of nitrogens with zero attached hydrogens (tertiary/aromatic N) is 1. The van der Waals surface area contributed by atoms with Gasteiger partial charge in [0.05, 0.1) is 26.0 Å². The van der Waals surface area contributed by atoms with E-state index in [1.165, 1.54) is 5.56 Å². The number of carbonyl (C=O) groups excluding carboxylic acids is 1. The normalized spacial score (nSPS) is 15.7. The van der Waals surface area contributed by atoms with Crippen LogP contribution in [0.4, 0.5) is 0 Å². The van der Waals surface area contributed by atoms with Gasteiger partial charge in [0, 0.05) is 23.7 Å². The number of benzene rings is 1. The molecule has 1 atom stereocenters. The average molecular weight is 373 g/mol. The Hall–Kier alpha value is -2.70. The molecule has 1 unspecified atom stereocenters. The highest BCUT2D eigenvalue weighted by Crippen LogP contribution is 2.39. The molecule has 3 rings (SSSR count). The molecule has 0 radical (unpaired) electrons. The Morgan fingerprint density at radius 3 is 2.44 bits per heavy atom. The molecule has 27 heavy (non-hydrogen) atoms. The molecule has 0 fully saturated rings. The monoisotopic (exact) mass is 373 g/mol. The van der Waals surface area contributed by atoms with Crippen molar-refractivity contribution in [1.82, 2.24) is 15.5 Å². The Bertz CT molecular complexity index is 760. The Kier molecular flexibility index (Phi) is 6.21. The summed E-state index contributed by atoms with van der Waals surface area (Å²) in [5, 5.41) is 10.2. The van der Waals surface area contributed by atoms with Crippen LogP contribution in [0.25, 0.3) is 0 Å². The fourth-order valence-corrected chi connectivity index (χ4v) is 3.32. The van der Waals surface area contributed by atoms with Crippen LogP contribution in [0.1, 0.15) is 48.8 Å². The lowest BCUT2D eigenvalue weighted by atomic mass is 9.93. The lowest BCUT2D eigenvalue weighted by Gasteiger charge is -2.23. The molecule has 1 heterocycles. The molecule has 1 aromatic carbocycles. The zero-order chi connectivity index (χ0) is 19.2. The second-order valence-corrected chi connectivity index (χ2v) is 6.39. The highest BCUT2D eigenvalue weighted by atomic mass is 16.5. The van der Waals surface area contributed by atoms with E-state index < -0.39 is 0 Å². The second-order valence-electron chi connectivity index (χ2n) is 6.39. The molecule has 2 N–H and O–H groups in total. The lowest BCUT2D eigenvalue weighted by molar-refractivity contribution is 0.0932. The summed E-state index contributed by atoms with van der Waals surface area (Å²) in [5.74, 6) is 1.44. The van der Waals surface area contributed by atoms with Crippen molar-refractivity contribution in [3.8, 4) is 17.2 Å². The number of hydrogen-bond acceptors (Lipinski definition) is 5. The minimum absolute atomic E-state index is 0.0723. The van der Waals surface area contributed by atoms with Crippen molar-refractivity contribution in [3.05, 3.63) is 35.2 Å². The average Bonchev–Trinajstić information content (AvgIpc) is 3.12. The topological polar surface area (TPSA) is 85.5 Å². The largest absolute Gasteiger partial charge is 0.490 e. The summed E-state index contributed by atoms with van der Waals surface area (Å²) >= 11 is 0. The zero-order valence-corrected chi connectivity index (χ0v) is 16.1. The van der Waals surface area contributed by atoms with Crippen molar-refractivity contribution in [3.63, 3.8) is 0 Å². The number of aryl methyl sites for hydroxylation is 1. The van der Waals surface area contributed by atoms with Crippen LogP contribution in [0.2, 0.25) is 0 Å². The SMILES string of the molecule is CCOc1cc(C(=O)NC2CCc3cn[nH]c3C2)cc(OCC)c1OCC. The van der Waals surface area contributed by atoms with Gasteiger partial charge in [-0.3, -0.25) is 9.89 Å². The first-order chi connectivity index (χ1) is 13.2. The Morgan fingerprint density at radius 2 is 1.81 bits per heavy atom. The molecule has 0 bridgehead atoms. The first-order valence-corrected chi connectivity index (χ1v) is 9.54. The number of hydrogen-bond donors (Lipinski definition) is 2. The number of carbonyl (C=O) groups is 1. The first-order valence-electron chi connectivity index (χ1n) is 9.54. The van der Waals surface area contributed by atoms with Gasteiger partial charge in [0.15, 0.2) is 11.5 Å². The predicted molar refractivity (Wildman–Crippen MR) is 102 cm³/mol. The highest BCUT2D eigenvalue weighted by molar-refractivity contribution is 5.95. The molecule has 0 aliphatic heterocycles. The maximum atomic E-state index is 12.9. The molecule has 1 aliphatic carbocycles. The number of amides is 1. The summed E-state index contributed by atoms with van der Waals surface area (Å²) in [7, 11) is 0. The maximum absolute atomic E-state index is 12.9. The van der Waals surface area contributed by atoms with Crippen molar-refractivity contribution < 1.29 is 19.0 Å². The number of nitrogens with one attached hydrogen (secondary N) is 2. The Balaban J connectivity index is 1.81. The standard InChI is InChI=1S/C20H27N3O4/c1-4-25-17-9-14(10-18(26-5-2)19(17)27-6-3)20(24)22-15-8-7-13-12-21-23-16(13)11-15/h9-10,12,15H,4-8,11H2,1-3H3,(H,21,23)(H,22,24). The highest BCUT2D eigenvalue weighted by Gasteiger charge is 2.24. The summed E-state index contributed by atoms with van der Waals surface area (Å²) in [4.78, 5) is 12.9. The molecule has 7 nitrogen and oxygen atoms in total. The fraction of sp³-hybridized carbons (Fsp3) is 0.500. The molecule has 1 aliphatic rings. The van der Waals surface area contributed by atoms with E-state index in [0.717, 1.165) is 25.0 Å². The van der Waals surface area contributed by atoms with Crippen LogP contribution in [0, 0.1) is 0 Å². The van der Waals surface area contributed by atoms with Gasteiger partial charge < -0.3 is 19.5 Å². The van der Waals surface area contributed by atoms with Crippen LogP contribution in [0.5, 0.6) is 17.2 Å². The van der Waals surface area contributed by atoms with Gasteiger partial charge in [-0.05, 0) is 51.3 Å². The smallest absolute Gasteiger partial charge is 0.251 e. The minimum Gasteiger partial charge on any atom is -0.490 e. The summed E-state index contributed by atoms with van der Waals surface area (Å²) in [5.41, 5.74) is 2.84. The van der Waals surface area contributed by atoms with Crippen LogP contribution in [-0.2, 0) is 12.8 Å². The van der Waals surface area contributed by atoms with E-state index in [1.807, 2.05) is 27.0 Å². The zero-order valence-electron chi connectivity index (χ0n) is 16.1. The van der Waals surface area contributed by atoms with Crippen molar-refractivity contribution in [1.29, 1.82) is 0 Å². The van der Waals surface area contributed by atoms with E-state index in [4.69, 9.17) is 14.2 Å². The van der Waals surface area contributed by atoms with Crippen molar-refractivity contribution >= 4 is 5.91 Å². The number of aromatic amines is 1. The van der Waals surface area contributed by atoms with E-state index in [9.17, 15) is 4.79 Å². The van der Waals surface area contributed by atoms with Crippen LogP contribution in [-0.4, -0.2) is 42.0 Å². The number of ether oxygens (including phenoxy) is 3. The number of aromatic nitrogens is 2. The predicted octanol–water partition coefficient (Wildman–Crippen LogP) is 2.89. The molecule has 0 saturated heterocycles. The van der Waals surface area contributed by atoms with Gasteiger partial charge in [-0.2, -0.15) is 5.10 Å². The second kappa shape index (κ2) is 8.79. The van der Waals surface area contributed by atoms with E-state index >= 15 is 0 Å². The lowest BCUT2D eigenvalue weighted by Crippen LogP contribution is -2.38. The van der Waals surface area contributed by atoms with Gasteiger partial charge in [-0.1, -0.05) is 0 Å². The Labute approximate surface area is 159 Å². The van der Waals surface area contributed by atoms with E-state index in [0.29, 0.717) is 42.6 Å². The maximum Gasteiger partial charge on any atom is 0.251 e. The van der Waals surface area contributed by atoms with E-state index in [1.54, 1.807) is 12.1 Å². The van der Waals surface area contributed by atoms with E-state index in [2.05, 4.69) is 15.5 Å². The molecule has 0 saturated carbocycles. The molecule has 1 aromatic heterocycles. The number of rotatable bonds is 8. The third-order valence-electron chi connectivity index (χ3n) is 4.53. The minimum atomic E-state index is -0.145. The Morgan fingerprint density at radius 1 is 1.15 bits per heavy atom. The van der Waals surface area contributed by atoms with Gasteiger partial charge >= 0.3 is 0 Å². The first kappa shape index (κ1) is 19.1. The van der Waals surface area contributed by atoms with Crippen molar-refractivity contribution in [2.24, 2.45) is 0 Å². The van der Waals surface area contributed by atoms with E-state index in [-0.39, 0.29) is 11.9 Å². The van der Waals surface area contributed by atoms with Crippen molar-refractivity contribution in [2.75, 3.05) is 19.8 Å². The third kappa shape index (κ3) is 4.35. The molecular formula is C20H27N3O4. The summed E-state index contributed by atoms with van der Waals surface area (Å²) in [6.07, 6.45) is 4.43. The number of H-pyrrole nitrogens is 1. The molecule has 146 valence electrons. The molecule has 2 aromatic rings. The van der Waals surface area contributed by atoms with Gasteiger partial charge in [0.25, 0.3) is 5.91 Å². The third-order valence-corrected chi connectivity index (χ3v) is 4.53. The summed E-state index contributed by atoms with van der Waals surface area (Å²) in [6, 6.07) is 3.51. The van der Waals surface area contributed by atoms with Crippen LogP contribution < -0.4 is 19.5 Å². The molecule has 7 heteroatoms. The van der Waals surface area contributed by atoms with Crippen molar-refractivity contribution in [2.45, 2.75) is 46.1 Å². The van der Waals surface area contributed by atoms with Gasteiger partial charge in [0.1, 0.15) is 0 Å². The molecular weight excluding hydrogens is 346 g/mol. The van der Waals surface area contributed by atoms with Gasteiger partial charge in [0.2, 0.25) is 5.75 Å². The summed E-state index contributed by atoms with van der Waals surface area (Å²) < 4.78 is 17.1. The van der Waals surface area contributed by atoms with Crippen LogP contribution in [0.15, 0.2) is 18.3 Å². The van der Waals surface area contributed by atoms with Crippen LogP contribution in [0.3, 0.4) is 0 Å². The van der Waals surface area contributed by atoms with Gasteiger partial charge in [-0.15, -0.1) is 0 Å².